The zero-order valence-corrected chi connectivity index (χ0v) is 10.8. The number of hydrogen-bond acceptors (Lipinski definition) is 3. The largest absolute Gasteiger partial charge is 0.368 e. The number of amides is 2. The molecule has 1 aromatic carbocycles. The van der Waals surface area contributed by atoms with Crippen molar-refractivity contribution in [2.24, 2.45) is 11.7 Å². The molecule has 19 heavy (non-hydrogen) atoms. The van der Waals surface area contributed by atoms with E-state index >= 15 is 0 Å². The van der Waals surface area contributed by atoms with Gasteiger partial charge in [-0.05, 0) is 18.9 Å². The van der Waals surface area contributed by atoms with Gasteiger partial charge in [-0.15, -0.1) is 0 Å². The van der Waals surface area contributed by atoms with E-state index in [1.165, 1.54) is 0 Å². The maximum absolute atomic E-state index is 11.8. The normalized spacial score (nSPS) is 13.1. The van der Waals surface area contributed by atoms with Crippen molar-refractivity contribution >= 4 is 11.8 Å². The number of rotatable bonds is 6. The molecule has 0 aliphatic heterocycles. The molecule has 0 aliphatic carbocycles. The summed E-state index contributed by atoms with van der Waals surface area (Å²) < 4.78 is 0. The molecule has 5 nitrogen and oxygen atoms in total. The average Bonchev–Trinajstić information content (AvgIpc) is 2.38. The maximum atomic E-state index is 11.8. The SMILES string of the molecule is C[C@H](C#N)C[C@H](NC(=O)Cc1ccccc1)C(N)=O. The van der Waals surface area contributed by atoms with Gasteiger partial charge < -0.3 is 11.1 Å². The lowest BCUT2D eigenvalue weighted by Crippen LogP contribution is -2.45. The molecule has 0 heterocycles. The fraction of sp³-hybridized carbons (Fsp3) is 0.357. The summed E-state index contributed by atoms with van der Waals surface area (Å²) in [4.78, 5) is 23.0. The summed E-state index contributed by atoms with van der Waals surface area (Å²) in [6.45, 7) is 1.68. The zero-order valence-electron chi connectivity index (χ0n) is 10.8. The minimum atomic E-state index is -0.800. The quantitative estimate of drug-likeness (QED) is 0.789. The molecule has 0 saturated carbocycles. The Bertz CT molecular complexity index is 479. The minimum Gasteiger partial charge on any atom is -0.368 e. The molecule has 0 aromatic heterocycles. The number of primary amides is 1. The average molecular weight is 259 g/mol. The molecule has 0 radical (unpaired) electrons. The van der Waals surface area contributed by atoms with E-state index in [2.05, 4.69) is 5.32 Å². The van der Waals surface area contributed by atoms with Crippen molar-refractivity contribution < 1.29 is 9.59 Å². The molecule has 3 N–H and O–H groups in total. The van der Waals surface area contributed by atoms with Gasteiger partial charge in [0.1, 0.15) is 6.04 Å². The fourth-order valence-corrected chi connectivity index (χ4v) is 1.68. The van der Waals surface area contributed by atoms with Crippen LogP contribution in [0.2, 0.25) is 0 Å². The highest BCUT2D eigenvalue weighted by molar-refractivity contribution is 5.87. The number of hydrogen-bond donors (Lipinski definition) is 2. The molecule has 5 heteroatoms. The lowest BCUT2D eigenvalue weighted by Gasteiger charge is -2.16. The summed E-state index contributed by atoms with van der Waals surface area (Å²) in [5.74, 6) is -1.24. The summed E-state index contributed by atoms with van der Waals surface area (Å²) >= 11 is 0. The van der Waals surface area contributed by atoms with E-state index in [0.717, 1.165) is 5.56 Å². The van der Waals surface area contributed by atoms with Crippen LogP contribution in [-0.4, -0.2) is 17.9 Å². The smallest absolute Gasteiger partial charge is 0.240 e. The Labute approximate surface area is 112 Å². The van der Waals surface area contributed by atoms with Crippen LogP contribution in [0.1, 0.15) is 18.9 Å². The van der Waals surface area contributed by atoms with Gasteiger partial charge in [0, 0.05) is 5.92 Å². The first kappa shape index (κ1) is 14.7. The third kappa shape index (κ3) is 5.21. The first-order valence-corrected chi connectivity index (χ1v) is 6.05. The van der Waals surface area contributed by atoms with Crippen LogP contribution >= 0.6 is 0 Å². The molecular formula is C14H17N3O2. The highest BCUT2D eigenvalue weighted by atomic mass is 16.2. The van der Waals surface area contributed by atoms with Crippen LogP contribution in [-0.2, 0) is 16.0 Å². The van der Waals surface area contributed by atoms with Gasteiger partial charge in [-0.2, -0.15) is 5.26 Å². The standard InChI is InChI=1S/C14H17N3O2/c1-10(9-15)7-12(14(16)19)17-13(18)8-11-5-3-2-4-6-11/h2-6,10,12H,7-8H2,1H3,(H2,16,19)(H,17,18)/t10-,12-/m0/s1. The lowest BCUT2D eigenvalue weighted by molar-refractivity contribution is -0.127. The number of carbonyl (C=O) groups excluding carboxylic acids is 2. The Morgan fingerprint density at radius 3 is 2.53 bits per heavy atom. The van der Waals surface area contributed by atoms with Crippen molar-refractivity contribution in [3.8, 4) is 6.07 Å². The van der Waals surface area contributed by atoms with Crippen molar-refractivity contribution in [1.82, 2.24) is 5.32 Å². The number of benzene rings is 1. The van der Waals surface area contributed by atoms with Crippen LogP contribution in [0.5, 0.6) is 0 Å². The highest BCUT2D eigenvalue weighted by Crippen LogP contribution is 2.05. The van der Waals surface area contributed by atoms with E-state index in [-0.39, 0.29) is 24.7 Å². The van der Waals surface area contributed by atoms with Crippen LogP contribution in [0, 0.1) is 17.2 Å². The zero-order chi connectivity index (χ0) is 14.3. The molecule has 2 amide bonds. The number of nitrogens with two attached hydrogens (primary N) is 1. The van der Waals surface area contributed by atoms with Gasteiger partial charge in [0.25, 0.3) is 0 Å². The van der Waals surface area contributed by atoms with Crippen LogP contribution in [0.15, 0.2) is 30.3 Å². The van der Waals surface area contributed by atoms with Gasteiger partial charge in [-0.25, -0.2) is 0 Å². The Morgan fingerprint density at radius 1 is 1.37 bits per heavy atom. The molecule has 0 saturated heterocycles. The first-order valence-electron chi connectivity index (χ1n) is 6.05. The van der Waals surface area contributed by atoms with Crippen molar-refractivity contribution in [3.05, 3.63) is 35.9 Å². The third-order valence-electron chi connectivity index (χ3n) is 2.70. The van der Waals surface area contributed by atoms with E-state index in [4.69, 9.17) is 11.0 Å². The predicted octanol–water partition coefficient (Wildman–Crippen LogP) is 0.749. The molecular weight excluding hydrogens is 242 g/mol. The first-order chi connectivity index (χ1) is 9.02. The Balaban J connectivity index is 2.57. The summed E-state index contributed by atoms with van der Waals surface area (Å²) in [5, 5.41) is 11.3. The second-order valence-corrected chi connectivity index (χ2v) is 4.45. The van der Waals surface area contributed by atoms with E-state index in [9.17, 15) is 9.59 Å². The summed E-state index contributed by atoms with van der Waals surface area (Å²) in [6, 6.07) is 10.4. The van der Waals surface area contributed by atoms with Crippen LogP contribution in [0.3, 0.4) is 0 Å². The van der Waals surface area contributed by atoms with Gasteiger partial charge in [-0.3, -0.25) is 9.59 Å². The molecule has 0 bridgehead atoms. The molecule has 0 unspecified atom stereocenters. The van der Waals surface area contributed by atoms with Gasteiger partial charge >= 0.3 is 0 Å². The topological polar surface area (TPSA) is 96.0 Å². The molecule has 1 rings (SSSR count). The molecule has 0 aliphatic rings. The van der Waals surface area contributed by atoms with Gasteiger partial charge in [0.15, 0.2) is 0 Å². The van der Waals surface area contributed by atoms with E-state index in [0.29, 0.717) is 0 Å². The molecule has 1 aromatic rings. The molecule has 0 fully saturated rings. The van der Waals surface area contributed by atoms with Crippen molar-refractivity contribution in [2.75, 3.05) is 0 Å². The van der Waals surface area contributed by atoms with Crippen LogP contribution in [0.25, 0.3) is 0 Å². The third-order valence-corrected chi connectivity index (χ3v) is 2.70. The Kier molecular flexibility index (Phi) is 5.55. The minimum absolute atomic E-state index is 0.186. The van der Waals surface area contributed by atoms with Gasteiger partial charge in [-0.1, -0.05) is 30.3 Å². The van der Waals surface area contributed by atoms with Crippen molar-refractivity contribution in [1.29, 1.82) is 5.26 Å². The molecule has 0 spiro atoms. The maximum Gasteiger partial charge on any atom is 0.240 e. The second kappa shape index (κ2) is 7.17. The highest BCUT2D eigenvalue weighted by Gasteiger charge is 2.20. The monoisotopic (exact) mass is 259 g/mol. The summed E-state index contributed by atoms with van der Waals surface area (Å²) in [7, 11) is 0. The van der Waals surface area contributed by atoms with Gasteiger partial charge in [0.05, 0.1) is 12.5 Å². The van der Waals surface area contributed by atoms with Crippen molar-refractivity contribution in [3.63, 3.8) is 0 Å². The fourth-order valence-electron chi connectivity index (χ4n) is 1.68. The van der Waals surface area contributed by atoms with Gasteiger partial charge in [0.2, 0.25) is 11.8 Å². The number of nitrogens with one attached hydrogen (secondary N) is 1. The summed E-state index contributed by atoms with van der Waals surface area (Å²) in [5.41, 5.74) is 6.08. The van der Waals surface area contributed by atoms with Crippen LogP contribution < -0.4 is 11.1 Å². The number of nitriles is 1. The Hall–Kier alpha value is -2.35. The Morgan fingerprint density at radius 2 is 2.00 bits per heavy atom. The van der Waals surface area contributed by atoms with E-state index < -0.39 is 11.9 Å². The number of carbonyl (C=O) groups is 2. The summed E-state index contributed by atoms with van der Waals surface area (Å²) in [6.07, 6.45) is 0.415. The van der Waals surface area contributed by atoms with E-state index in [1.54, 1.807) is 6.92 Å². The lowest BCUT2D eigenvalue weighted by atomic mass is 10.0. The number of nitrogens with zero attached hydrogens (tertiary/aromatic N) is 1. The van der Waals surface area contributed by atoms with Crippen LogP contribution in [0.4, 0.5) is 0 Å². The van der Waals surface area contributed by atoms with Crippen molar-refractivity contribution in [2.45, 2.75) is 25.8 Å². The molecule has 100 valence electrons. The predicted molar refractivity (Wildman–Crippen MR) is 70.7 cm³/mol. The van der Waals surface area contributed by atoms with E-state index in [1.807, 2.05) is 36.4 Å². The molecule has 2 atom stereocenters. The second-order valence-electron chi connectivity index (χ2n) is 4.45.